The quantitative estimate of drug-likeness (QED) is 0.359. The molecule has 0 atom stereocenters. The maximum atomic E-state index is 12.6. The number of hydrogen-bond acceptors (Lipinski definition) is 5. The van der Waals surface area contributed by atoms with Crippen molar-refractivity contribution in [2.45, 2.75) is 33.1 Å². The number of aromatic nitrogens is 2. The fourth-order valence-electron chi connectivity index (χ4n) is 3.48. The van der Waals surface area contributed by atoms with Gasteiger partial charge in [-0.1, -0.05) is 50.6 Å². The van der Waals surface area contributed by atoms with Crippen molar-refractivity contribution in [3.63, 3.8) is 0 Å². The molecule has 2 aromatic carbocycles. The molecule has 2 aromatic heterocycles. The first-order valence-electron chi connectivity index (χ1n) is 10.8. The standard InChI is InChI=1S/C27H27N3O2S/c1-18-10-11-24(22(13-18)27(2,3)4)32-16-25(31)29-21-9-5-7-19(14-21)23-17-33-26(30-23)20-8-6-12-28-15-20/h5-15,17H,16H2,1-4H3,(H,29,31). The SMILES string of the molecule is Cc1ccc(OCC(=O)Nc2cccc(-c3csc(-c4cccnc4)n3)c2)c(C(C)(C)C)c1. The van der Waals surface area contributed by atoms with E-state index in [0.717, 1.165) is 33.1 Å². The second kappa shape index (κ2) is 9.55. The summed E-state index contributed by atoms with van der Waals surface area (Å²) in [5, 5.41) is 5.85. The number of thiazole rings is 1. The van der Waals surface area contributed by atoms with Crippen molar-refractivity contribution in [1.29, 1.82) is 0 Å². The predicted octanol–water partition coefficient (Wildman–Crippen LogP) is 6.50. The van der Waals surface area contributed by atoms with Crippen LogP contribution < -0.4 is 10.1 Å². The highest BCUT2D eigenvalue weighted by Gasteiger charge is 2.20. The van der Waals surface area contributed by atoms with E-state index in [1.807, 2.05) is 53.9 Å². The van der Waals surface area contributed by atoms with Crippen molar-refractivity contribution in [3.8, 4) is 27.6 Å². The van der Waals surface area contributed by atoms with Crippen molar-refractivity contribution in [3.05, 3.63) is 83.5 Å². The molecule has 0 aliphatic carbocycles. The molecule has 5 nitrogen and oxygen atoms in total. The van der Waals surface area contributed by atoms with E-state index in [4.69, 9.17) is 9.72 Å². The van der Waals surface area contributed by atoms with Crippen LogP contribution >= 0.6 is 11.3 Å². The zero-order valence-electron chi connectivity index (χ0n) is 19.3. The van der Waals surface area contributed by atoms with Crippen molar-refractivity contribution in [2.75, 3.05) is 11.9 Å². The molecule has 1 N–H and O–H groups in total. The van der Waals surface area contributed by atoms with Crippen LogP contribution in [0.25, 0.3) is 21.8 Å². The zero-order valence-corrected chi connectivity index (χ0v) is 20.1. The molecular weight excluding hydrogens is 430 g/mol. The number of ether oxygens (including phenoxy) is 1. The molecule has 0 aliphatic rings. The molecule has 33 heavy (non-hydrogen) atoms. The molecule has 0 saturated heterocycles. The topological polar surface area (TPSA) is 64.1 Å². The lowest BCUT2D eigenvalue weighted by Gasteiger charge is -2.23. The molecule has 0 bridgehead atoms. The van der Waals surface area contributed by atoms with E-state index in [2.05, 4.69) is 44.1 Å². The largest absolute Gasteiger partial charge is 0.483 e. The lowest BCUT2D eigenvalue weighted by Crippen LogP contribution is -2.22. The first kappa shape index (κ1) is 22.7. The van der Waals surface area contributed by atoms with Gasteiger partial charge in [0.1, 0.15) is 10.8 Å². The highest BCUT2D eigenvalue weighted by Crippen LogP contribution is 2.32. The van der Waals surface area contributed by atoms with Crippen molar-refractivity contribution in [1.82, 2.24) is 9.97 Å². The number of carbonyl (C=O) groups excluding carboxylic acids is 1. The lowest BCUT2D eigenvalue weighted by molar-refractivity contribution is -0.118. The van der Waals surface area contributed by atoms with E-state index < -0.39 is 0 Å². The van der Waals surface area contributed by atoms with Gasteiger partial charge in [-0.2, -0.15) is 0 Å². The molecule has 4 aromatic rings. The van der Waals surface area contributed by atoms with Crippen LogP contribution in [0.5, 0.6) is 5.75 Å². The van der Waals surface area contributed by atoms with Crippen LogP contribution in [0, 0.1) is 6.92 Å². The number of nitrogens with one attached hydrogen (secondary N) is 1. The molecule has 1 amide bonds. The van der Waals surface area contributed by atoms with E-state index in [-0.39, 0.29) is 17.9 Å². The summed E-state index contributed by atoms with van der Waals surface area (Å²) in [5.41, 5.74) is 5.67. The Hall–Kier alpha value is -3.51. The van der Waals surface area contributed by atoms with Crippen LogP contribution in [0.4, 0.5) is 5.69 Å². The van der Waals surface area contributed by atoms with E-state index >= 15 is 0 Å². The van der Waals surface area contributed by atoms with Crippen molar-refractivity contribution >= 4 is 22.9 Å². The second-order valence-corrected chi connectivity index (χ2v) is 9.80. The minimum absolute atomic E-state index is 0.0573. The van der Waals surface area contributed by atoms with Crippen molar-refractivity contribution < 1.29 is 9.53 Å². The lowest BCUT2D eigenvalue weighted by atomic mass is 9.85. The van der Waals surface area contributed by atoms with Crippen LogP contribution in [-0.2, 0) is 10.2 Å². The van der Waals surface area contributed by atoms with Crippen LogP contribution in [0.1, 0.15) is 31.9 Å². The van der Waals surface area contributed by atoms with E-state index in [9.17, 15) is 4.79 Å². The Balaban J connectivity index is 1.43. The smallest absolute Gasteiger partial charge is 0.262 e. The fraction of sp³-hybridized carbons (Fsp3) is 0.222. The Labute approximate surface area is 198 Å². The average Bonchev–Trinajstić information content (AvgIpc) is 3.29. The van der Waals surface area contributed by atoms with E-state index in [1.165, 1.54) is 5.56 Å². The highest BCUT2D eigenvalue weighted by atomic mass is 32.1. The van der Waals surface area contributed by atoms with Crippen LogP contribution in [0.2, 0.25) is 0 Å². The third kappa shape index (κ3) is 5.65. The van der Waals surface area contributed by atoms with Gasteiger partial charge < -0.3 is 10.1 Å². The second-order valence-electron chi connectivity index (χ2n) is 8.95. The Kier molecular flexibility index (Phi) is 6.56. The number of amides is 1. The molecule has 0 spiro atoms. The summed E-state index contributed by atoms with van der Waals surface area (Å²) in [6, 6.07) is 17.6. The summed E-state index contributed by atoms with van der Waals surface area (Å²) in [7, 11) is 0. The van der Waals surface area contributed by atoms with Crippen LogP contribution in [-0.4, -0.2) is 22.5 Å². The van der Waals surface area contributed by atoms with Gasteiger partial charge in [0.2, 0.25) is 0 Å². The summed E-state index contributed by atoms with van der Waals surface area (Å²) in [6.07, 6.45) is 3.55. The number of carbonyl (C=O) groups is 1. The molecule has 0 fully saturated rings. The molecule has 0 saturated carbocycles. The van der Waals surface area contributed by atoms with Gasteiger partial charge in [0, 0.05) is 34.6 Å². The number of anilines is 1. The Morgan fingerprint density at radius 1 is 1.06 bits per heavy atom. The number of benzene rings is 2. The number of hydrogen-bond donors (Lipinski definition) is 1. The zero-order chi connectivity index (χ0) is 23.4. The summed E-state index contributed by atoms with van der Waals surface area (Å²) in [5.74, 6) is 0.532. The van der Waals surface area contributed by atoms with E-state index in [1.54, 1.807) is 23.7 Å². The van der Waals surface area contributed by atoms with Gasteiger partial charge in [-0.25, -0.2) is 4.98 Å². The molecule has 6 heteroatoms. The summed E-state index contributed by atoms with van der Waals surface area (Å²) < 4.78 is 5.89. The summed E-state index contributed by atoms with van der Waals surface area (Å²) in [4.78, 5) is 21.5. The predicted molar refractivity (Wildman–Crippen MR) is 135 cm³/mol. The Bertz CT molecular complexity index is 1260. The van der Waals surface area contributed by atoms with Gasteiger partial charge in [0.15, 0.2) is 6.61 Å². The number of aryl methyl sites for hydroxylation is 1. The maximum Gasteiger partial charge on any atom is 0.262 e. The highest BCUT2D eigenvalue weighted by molar-refractivity contribution is 7.13. The molecule has 2 heterocycles. The maximum absolute atomic E-state index is 12.6. The first-order valence-corrected chi connectivity index (χ1v) is 11.7. The number of rotatable bonds is 6. The average molecular weight is 458 g/mol. The molecule has 4 rings (SSSR count). The van der Waals surface area contributed by atoms with Crippen LogP contribution in [0.15, 0.2) is 72.4 Å². The fourth-order valence-corrected chi connectivity index (χ4v) is 4.30. The van der Waals surface area contributed by atoms with Gasteiger partial charge in [-0.05, 0) is 48.2 Å². The third-order valence-electron chi connectivity index (χ3n) is 5.16. The summed E-state index contributed by atoms with van der Waals surface area (Å²) >= 11 is 1.57. The monoisotopic (exact) mass is 457 g/mol. The van der Waals surface area contributed by atoms with Crippen LogP contribution in [0.3, 0.4) is 0 Å². The Morgan fingerprint density at radius 3 is 2.64 bits per heavy atom. The minimum atomic E-state index is -0.207. The molecule has 0 aliphatic heterocycles. The van der Waals surface area contributed by atoms with Gasteiger partial charge in [-0.3, -0.25) is 9.78 Å². The number of pyridine rings is 1. The van der Waals surface area contributed by atoms with E-state index in [0.29, 0.717) is 5.69 Å². The third-order valence-corrected chi connectivity index (χ3v) is 6.05. The molecular formula is C27H27N3O2S. The molecule has 168 valence electrons. The van der Waals surface area contributed by atoms with Crippen molar-refractivity contribution in [2.24, 2.45) is 0 Å². The molecule has 0 radical (unpaired) electrons. The van der Waals surface area contributed by atoms with Gasteiger partial charge >= 0.3 is 0 Å². The van der Waals surface area contributed by atoms with Gasteiger partial charge in [0.25, 0.3) is 5.91 Å². The van der Waals surface area contributed by atoms with Gasteiger partial charge in [0.05, 0.1) is 5.69 Å². The van der Waals surface area contributed by atoms with Gasteiger partial charge in [-0.15, -0.1) is 11.3 Å². The first-order chi connectivity index (χ1) is 15.8. The Morgan fingerprint density at radius 2 is 1.88 bits per heavy atom. The normalized spacial score (nSPS) is 11.3. The number of nitrogens with zero attached hydrogens (tertiary/aromatic N) is 2. The minimum Gasteiger partial charge on any atom is -0.483 e. The summed E-state index contributed by atoms with van der Waals surface area (Å²) in [6.45, 7) is 8.41. The molecule has 0 unspecified atom stereocenters.